The highest BCUT2D eigenvalue weighted by Gasteiger charge is 2.11. The molecule has 0 saturated carbocycles. The number of unbranched alkanes of at least 4 members (excludes halogenated alkanes) is 3. The quantitative estimate of drug-likeness (QED) is 0.257. The van der Waals surface area contributed by atoms with E-state index in [2.05, 4.69) is 13.8 Å². The van der Waals surface area contributed by atoms with Crippen molar-refractivity contribution in [2.24, 2.45) is 0 Å². The third-order valence-electron chi connectivity index (χ3n) is 4.65. The van der Waals surface area contributed by atoms with Crippen molar-refractivity contribution in [3.63, 3.8) is 0 Å². The van der Waals surface area contributed by atoms with Crippen molar-refractivity contribution in [2.75, 3.05) is 6.61 Å². The Morgan fingerprint density at radius 3 is 2.22 bits per heavy atom. The highest BCUT2D eigenvalue weighted by atomic mass is 16.5. The number of aryl methyl sites for hydroxylation is 1. The van der Waals surface area contributed by atoms with E-state index in [0.717, 1.165) is 31.4 Å². The predicted molar refractivity (Wildman–Crippen MR) is 110 cm³/mol. The van der Waals surface area contributed by atoms with Crippen LogP contribution in [0.4, 0.5) is 0 Å². The van der Waals surface area contributed by atoms with Crippen LogP contribution in [-0.4, -0.2) is 12.6 Å². The van der Waals surface area contributed by atoms with Gasteiger partial charge in [0.05, 0.1) is 11.7 Å². The molecule has 0 bridgehead atoms. The van der Waals surface area contributed by atoms with Crippen molar-refractivity contribution in [1.82, 2.24) is 0 Å². The number of rotatable bonds is 11. The predicted octanol–water partition coefficient (Wildman–Crippen LogP) is 6.52. The van der Waals surface area contributed by atoms with Crippen LogP contribution in [0, 0.1) is 0 Å². The molecule has 0 amide bonds. The Labute approximate surface area is 163 Å². The highest BCUT2D eigenvalue weighted by Crippen LogP contribution is 2.20. The fourth-order valence-electron chi connectivity index (χ4n) is 2.95. The van der Waals surface area contributed by atoms with E-state index in [1.54, 1.807) is 12.1 Å². The number of carbonyl (C=O) groups excluding carboxylic acids is 1. The first-order valence-corrected chi connectivity index (χ1v) is 10.2. The number of ether oxygens (including phenoxy) is 2. The van der Waals surface area contributed by atoms with E-state index < -0.39 is 0 Å². The molecule has 1 atom stereocenters. The van der Waals surface area contributed by atoms with E-state index in [0.29, 0.717) is 11.3 Å². The van der Waals surface area contributed by atoms with E-state index >= 15 is 0 Å². The summed E-state index contributed by atoms with van der Waals surface area (Å²) in [4.78, 5) is 12.3. The average molecular weight is 369 g/mol. The minimum atomic E-state index is -0.335. The Kier molecular flexibility index (Phi) is 9.06. The van der Waals surface area contributed by atoms with Crippen molar-refractivity contribution in [3.05, 3.63) is 65.2 Å². The van der Waals surface area contributed by atoms with Gasteiger partial charge >= 0.3 is 5.97 Å². The van der Waals surface area contributed by atoms with Crippen LogP contribution in [0.25, 0.3) is 0 Å². The topological polar surface area (TPSA) is 35.5 Å². The van der Waals surface area contributed by atoms with Crippen molar-refractivity contribution in [2.45, 2.75) is 65.4 Å². The second kappa shape index (κ2) is 11.6. The van der Waals surface area contributed by atoms with Crippen LogP contribution < -0.4 is 4.74 Å². The molecule has 146 valence electrons. The smallest absolute Gasteiger partial charge is 0.343 e. The molecule has 2 rings (SSSR count). The summed E-state index contributed by atoms with van der Waals surface area (Å²) in [6.07, 6.45) is 6.97. The van der Waals surface area contributed by atoms with Gasteiger partial charge in [-0.1, -0.05) is 63.8 Å². The molecule has 27 heavy (non-hydrogen) atoms. The second-order valence-electron chi connectivity index (χ2n) is 6.98. The van der Waals surface area contributed by atoms with Crippen LogP contribution in [0.3, 0.4) is 0 Å². The number of benzene rings is 2. The highest BCUT2D eigenvalue weighted by molar-refractivity contribution is 5.91. The summed E-state index contributed by atoms with van der Waals surface area (Å²) in [7, 11) is 0. The van der Waals surface area contributed by atoms with Crippen LogP contribution in [0.2, 0.25) is 0 Å². The normalized spacial score (nSPS) is 12.0. The molecule has 3 heteroatoms. The Hall–Kier alpha value is -2.13. The molecule has 0 aliphatic rings. The van der Waals surface area contributed by atoms with E-state index in [1.807, 2.05) is 43.3 Å². The molecular weight excluding hydrogens is 336 g/mol. The van der Waals surface area contributed by atoms with Gasteiger partial charge < -0.3 is 9.47 Å². The summed E-state index contributed by atoms with van der Waals surface area (Å²) in [5, 5.41) is 0. The van der Waals surface area contributed by atoms with E-state index in [-0.39, 0.29) is 12.1 Å². The van der Waals surface area contributed by atoms with Gasteiger partial charge in [0.15, 0.2) is 0 Å². The molecule has 0 fully saturated rings. The van der Waals surface area contributed by atoms with E-state index in [4.69, 9.17) is 9.47 Å². The monoisotopic (exact) mass is 368 g/mol. The van der Waals surface area contributed by atoms with Gasteiger partial charge in [0.1, 0.15) is 5.75 Å². The second-order valence-corrected chi connectivity index (χ2v) is 6.98. The van der Waals surface area contributed by atoms with Crippen LogP contribution >= 0.6 is 0 Å². The molecule has 0 N–H and O–H groups in total. The van der Waals surface area contributed by atoms with Crippen molar-refractivity contribution in [1.29, 1.82) is 0 Å². The summed E-state index contributed by atoms with van der Waals surface area (Å²) in [6, 6.07) is 15.2. The van der Waals surface area contributed by atoms with Gasteiger partial charge in [0.2, 0.25) is 0 Å². The standard InChI is InChI=1S/C24H32O3/c1-4-6-7-8-18-26-19(3)21-12-14-22(15-13-21)24(25)27-23-16-10-20(9-5-2)11-17-23/h10-17,19H,4-9,18H2,1-3H3. The Morgan fingerprint density at radius 2 is 1.59 bits per heavy atom. The molecular formula is C24H32O3. The van der Waals surface area contributed by atoms with E-state index in [9.17, 15) is 4.79 Å². The van der Waals surface area contributed by atoms with Crippen LogP contribution in [0.1, 0.15) is 80.5 Å². The molecule has 0 radical (unpaired) electrons. The number of esters is 1. The van der Waals surface area contributed by atoms with Crippen molar-refractivity contribution < 1.29 is 14.3 Å². The summed E-state index contributed by atoms with van der Waals surface area (Å²) >= 11 is 0. The maximum atomic E-state index is 12.3. The fraction of sp³-hybridized carbons (Fsp3) is 0.458. The van der Waals surface area contributed by atoms with E-state index in [1.165, 1.54) is 24.8 Å². The summed E-state index contributed by atoms with van der Waals surface area (Å²) < 4.78 is 11.4. The lowest BCUT2D eigenvalue weighted by molar-refractivity contribution is 0.0626. The molecule has 2 aromatic carbocycles. The maximum absolute atomic E-state index is 12.3. The van der Waals surface area contributed by atoms with Gasteiger partial charge in [-0.15, -0.1) is 0 Å². The molecule has 0 spiro atoms. The first-order chi connectivity index (χ1) is 13.1. The Balaban J connectivity index is 1.85. The summed E-state index contributed by atoms with van der Waals surface area (Å²) in [5.41, 5.74) is 2.88. The Bertz CT molecular complexity index is 674. The molecule has 0 heterocycles. The van der Waals surface area contributed by atoms with Crippen LogP contribution in [0.5, 0.6) is 5.75 Å². The molecule has 1 unspecified atom stereocenters. The third kappa shape index (κ3) is 7.18. The first-order valence-electron chi connectivity index (χ1n) is 10.2. The van der Waals surface area contributed by atoms with Gasteiger partial charge in [0, 0.05) is 6.61 Å². The van der Waals surface area contributed by atoms with Gasteiger partial charge in [-0.25, -0.2) is 4.79 Å². The molecule has 0 aliphatic heterocycles. The molecule has 0 aliphatic carbocycles. The van der Waals surface area contributed by atoms with Gasteiger partial charge in [-0.2, -0.15) is 0 Å². The lowest BCUT2D eigenvalue weighted by Crippen LogP contribution is -2.09. The minimum absolute atomic E-state index is 0.0304. The summed E-state index contributed by atoms with van der Waals surface area (Å²) in [5.74, 6) is 0.241. The van der Waals surface area contributed by atoms with Gasteiger partial charge in [0.25, 0.3) is 0 Å². The third-order valence-corrected chi connectivity index (χ3v) is 4.65. The van der Waals surface area contributed by atoms with Crippen molar-refractivity contribution >= 4 is 5.97 Å². The lowest BCUT2D eigenvalue weighted by atomic mass is 10.1. The van der Waals surface area contributed by atoms with Crippen LogP contribution in [-0.2, 0) is 11.2 Å². The minimum Gasteiger partial charge on any atom is -0.423 e. The zero-order chi connectivity index (χ0) is 19.5. The summed E-state index contributed by atoms with van der Waals surface area (Å²) in [6.45, 7) is 7.18. The van der Waals surface area contributed by atoms with Crippen LogP contribution in [0.15, 0.2) is 48.5 Å². The fourth-order valence-corrected chi connectivity index (χ4v) is 2.95. The zero-order valence-electron chi connectivity index (χ0n) is 16.9. The molecule has 0 aromatic heterocycles. The number of hydrogen-bond acceptors (Lipinski definition) is 3. The molecule has 0 saturated heterocycles. The number of carbonyl (C=O) groups is 1. The first kappa shape index (κ1) is 21.2. The Morgan fingerprint density at radius 1 is 0.889 bits per heavy atom. The number of hydrogen-bond donors (Lipinski definition) is 0. The SMILES string of the molecule is CCCCCCOC(C)c1ccc(C(=O)Oc2ccc(CCC)cc2)cc1. The van der Waals surface area contributed by atoms with Crippen molar-refractivity contribution in [3.8, 4) is 5.75 Å². The zero-order valence-corrected chi connectivity index (χ0v) is 16.9. The molecule has 2 aromatic rings. The maximum Gasteiger partial charge on any atom is 0.343 e. The lowest BCUT2D eigenvalue weighted by Gasteiger charge is -2.14. The van der Waals surface area contributed by atoms with Gasteiger partial charge in [-0.3, -0.25) is 0 Å². The van der Waals surface area contributed by atoms with Gasteiger partial charge in [-0.05, 0) is 55.2 Å². The average Bonchev–Trinajstić information content (AvgIpc) is 2.69. The largest absolute Gasteiger partial charge is 0.423 e. The molecule has 3 nitrogen and oxygen atoms in total.